The molecule has 1 aliphatic rings. The number of halogens is 3. The van der Waals surface area contributed by atoms with Crippen LogP contribution in [0.4, 0.5) is 18.0 Å². The third-order valence-corrected chi connectivity index (χ3v) is 3.83. The van der Waals surface area contributed by atoms with Crippen molar-refractivity contribution in [2.45, 2.75) is 45.2 Å². The second-order valence-electron chi connectivity index (χ2n) is 6.31. The van der Waals surface area contributed by atoms with Crippen LogP contribution in [0.3, 0.4) is 0 Å². The van der Waals surface area contributed by atoms with E-state index in [1.54, 1.807) is 17.0 Å². The quantitative estimate of drug-likeness (QED) is 0.894. The van der Waals surface area contributed by atoms with E-state index in [4.69, 9.17) is 4.74 Å². The van der Waals surface area contributed by atoms with E-state index in [-0.39, 0.29) is 30.0 Å². The van der Waals surface area contributed by atoms with E-state index < -0.39 is 12.8 Å². The van der Waals surface area contributed by atoms with Gasteiger partial charge in [0.15, 0.2) is 6.61 Å². The lowest BCUT2D eigenvalue weighted by Gasteiger charge is -2.35. The van der Waals surface area contributed by atoms with Gasteiger partial charge >= 0.3 is 12.2 Å². The monoisotopic (exact) mass is 360 g/mol. The minimum Gasteiger partial charge on any atom is -0.484 e. The van der Waals surface area contributed by atoms with Gasteiger partial charge in [-0.1, -0.05) is 12.1 Å². The number of urea groups is 1. The van der Waals surface area contributed by atoms with Crippen LogP contribution in [0.1, 0.15) is 32.4 Å². The van der Waals surface area contributed by atoms with Gasteiger partial charge in [-0.25, -0.2) is 4.79 Å². The largest absolute Gasteiger partial charge is 0.484 e. The van der Waals surface area contributed by atoms with Crippen LogP contribution in [0.25, 0.3) is 0 Å². The van der Waals surface area contributed by atoms with Gasteiger partial charge in [0.25, 0.3) is 0 Å². The van der Waals surface area contributed by atoms with E-state index in [1.165, 1.54) is 12.1 Å². The van der Waals surface area contributed by atoms with Gasteiger partial charge in [-0.05, 0) is 38.5 Å². The number of alkyl halides is 3. The zero-order chi connectivity index (χ0) is 18.6. The fourth-order valence-electron chi connectivity index (χ4n) is 2.72. The fraction of sp³-hybridized carbons (Fsp3) is 0.588. The summed E-state index contributed by atoms with van der Waals surface area (Å²) >= 11 is 0. The standard InChI is InChI=1S/C17H23F3N2O3/c1-11-8-22(9-12(2)25-11)16(23)21-13(3)14-4-6-15(7-5-14)24-10-17(18,19)20/h4-7,11-13H,8-10H2,1-3H3,(H,21,23). The Hall–Kier alpha value is -1.96. The third-order valence-electron chi connectivity index (χ3n) is 3.83. The van der Waals surface area contributed by atoms with E-state index in [1.807, 2.05) is 20.8 Å². The van der Waals surface area contributed by atoms with Crippen LogP contribution >= 0.6 is 0 Å². The molecule has 0 aromatic heterocycles. The molecule has 3 atom stereocenters. The fourth-order valence-corrected chi connectivity index (χ4v) is 2.72. The van der Waals surface area contributed by atoms with Gasteiger partial charge < -0.3 is 19.7 Å². The smallest absolute Gasteiger partial charge is 0.422 e. The Bertz CT molecular complexity index is 567. The van der Waals surface area contributed by atoms with Crippen molar-refractivity contribution in [2.75, 3.05) is 19.7 Å². The molecule has 1 saturated heterocycles. The molecule has 8 heteroatoms. The number of nitrogens with one attached hydrogen (secondary N) is 1. The molecular weight excluding hydrogens is 337 g/mol. The molecule has 3 unspecified atom stereocenters. The number of hydrogen-bond donors (Lipinski definition) is 1. The maximum atomic E-state index is 12.4. The van der Waals surface area contributed by atoms with Gasteiger partial charge in [0.2, 0.25) is 0 Å². The van der Waals surface area contributed by atoms with Gasteiger partial charge in [-0.3, -0.25) is 0 Å². The molecule has 1 aromatic rings. The van der Waals surface area contributed by atoms with Gasteiger partial charge in [0.1, 0.15) is 5.75 Å². The summed E-state index contributed by atoms with van der Waals surface area (Å²) in [6.45, 7) is 5.36. The van der Waals surface area contributed by atoms with E-state index >= 15 is 0 Å². The molecule has 0 aliphatic carbocycles. The molecule has 1 N–H and O–H groups in total. The molecule has 25 heavy (non-hydrogen) atoms. The first-order chi connectivity index (χ1) is 11.6. The van der Waals surface area contributed by atoms with Crippen LogP contribution < -0.4 is 10.1 Å². The number of morpholine rings is 1. The van der Waals surface area contributed by atoms with Gasteiger partial charge in [0, 0.05) is 13.1 Å². The molecule has 0 saturated carbocycles. The van der Waals surface area contributed by atoms with Crippen LogP contribution in [-0.4, -0.2) is 49.0 Å². The average molecular weight is 360 g/mol. The second-order valence-corrected chi connectivity index (χ2v) is 6.31. The van der Waals surface area contributed by atoms with Crippen LogP contribution in [0.2, 0.25) is 0 Å². The van der Waals surface area contributed by atoms with Crippen molar-refractivity contribution in [2.24, 2.45) is 0 Å². The average Bonchev–Trinajstić information content (AvgIpc) is 2.51. The number of carbonyl (C=O) groups is 1. The highest BCUT2D eigenvalue weighted by molar-refractivity contribution is 5.74. The molecule has 2 amide bonds. The predicted molar refractivity (Wildman–Crippen MR) is 86.5 cm³/mol. The number of nitrogens with zero attached hydrogens (tertiary/aromatic N) is 1. The first kappa shape index (κ1) is 19.4. The highest BCUT2D eigenvalue weighted by Crippen LogP contribution is 2.21. The van der Waals surface area contributed by atoms with Crippen molar-refractivity contribution < 1.29 is 27.4 Å². The molecule has 1 aliphatic heterocycles. The molecule has 0 radical (unpaired) electrons. The Morgan fingerprint density at radius 2 is 1.84 bits per heavy atom. The molecular formula is C17H23F3N2O3. The minimum atomic E-state index is -4.37. The van der Waals surface area contributed by atoms with Crippen LogP contribution in [0, 0.1) is 0 Å². The maximum absolute atomic E-state index is 12.4. The Morgan fingerprint density at radius 1 is 1.28 bits per heavy atom. The van der Waals surface area contributed by atoms with Crippen molar-refractivity contribution in [1.29, 1.82) is 0 Å². The zero-order valence-electron chi connectivity index (χ0n) is 14.5. The van der Waals surface area contributed by atoms with Gasteiger partial charge in [0.05, 0.1) is 18.2 Å². The highest BCUT2D eigenvalue weighted by atomic mass is 19.4. The van der Waals surface area contributed by atoms with Gasteiger partial charge in [-0.2, -0.15) is 13.2 Å². The van der Waals surface area contributed by atoms with E-state index in [2.05, 4.69) is 10.1 Å². The van der Waals surface area contributed by atoms with Gasteiger partial charge in [-0.15, -0.1) is 0 Å². The van der Waals surface area contributed by atoms with Crippen molar-refractivity contribution in [3.63, 3.8) is 0 Å². The maximum Gasteiger partial charge on any atom is 0.422 e. The number of ether oxygens (including phenoxy) is 2. The van der Waals surface area contributed by atoms with Crippen molar-refractivity contribution in [3.8, 4) is 5.75 Å². The highest BCUT2D eigenvalue weighted by Gasteiger charge is 2.28. The summed E-state index contributed by atoms with van der Waals surface area (Å²) in [5.41, 5.74) is 0.780. The lowest BCUT2D eigenvalue weighted by Crippen LogP contribution is -2.52. The lowest BCUT2D eigenvalue weighted by molar-refractivity contribution is -0.153. The SMILES string of the molecule is CC1CN(C(=O)NC(C)c2ccc(OCC(F)(F)F)cc2)CC(C)O1. The van der Waals surface area contributed by atoms with Crippen molar-refractivity contribution >= 4 is 6.03 Å². The number of benzene rings is 1. The van der Waals surface area contributed by atoms with E-state index in [9.17, 15) is 18.0 Å². The molecule has 0 bridgehead atoms. The van der Waals surface area contributed by atoms with E-state index in [0.29, 0.717) is 13.1 Å². The third kappa shape index (κ3) is 6.12. The Balaban J connectivity index is 1.89. The van der Waals surface area contributed by atoms with Crippen molar-refractivity contribution in [3.05, 3.63) is 29.8 Å². The topological polar surface area (TPSA) is 50.8 Å². The summed E-state index contributed by atoms with van der Waals surface area (Å²) in [7, 11) is 0. The Labute approximate surface area is 145 Å². The number of hydrogen-bond acceptors (Lipinski definition) is 3. The molecule has 1 aromatic carbocycles. The number of amides is 2. The van der Waals surface area contributed by atoms with Crippen LogP contribution in [-0.2, 0) is 4.74 Å². The summed E-state index contributed by atoms with van der Waals surface area (Å²) in [5.74, 6) is 0.135. The molecule has 2 rings (SSSR count). The van der Waals surface area contributed by atoms with Crippen LogP contribution in [0.5, 0.6) is 5.75 Å². The predicted octanol–water partition coefficient (Wildman–Crippen LogP) is 3.51. The second kappa shape index (κ2) is 7.95. The first-order valence-electron chi connectivity index (χ1n) is 8.14. The zero-order valence-corrected chi connectivity index (χ0v) is 14.5. The Morgan fingerprint density at radius 3 is 2.36 bits per heavy atom. The molecule has 0 spiro atoms. The summed E-state index contributed by atoms with van der Waals surface area (Å²) < 4.78 is 46.7. The summed E-state index contributed by atoms with van der Waals surface area (Å²) in [6, 6.07) is 5.73. The summed E-state index contributed by atoms with van der Waals surface area (Å²) in [5, 5.41) is 2.89. The van der Waals surface area contributed by atoms with Crippen molar-refractivity contribution in [1.82, 2.24) is 10.2 Å². The van der Waals surface area contributed by atoms with Crippen LogP contribution in [0.15, 0.2) is 24.3 Å². The summed E-state index contributed by atoms with van der Waals surface area (Å²) in [6.07, 6.45) is -4.41. The first-order valence-corrected chi connectivity index (χ1v) is 8.14. The Kier molecular flexibility index (Phi) is 6.16. The molecule has 140 valence electrons. The lowest BCUT2D eigenvalue weighted by atomic mass is 10.1. The van der Waals surface area contributed by atoms with E-state index in [0.717, 1.165) is 5.56 Å². The number of carbonyl (C=O) groups excluding carboxylic acids is 1. The summed E-state index contributed by atoms with van der Waals surface area (Å²) in [4.78, 5) is 14.1. The molecule has 1 fully saturated rings. The molecule has 1 heterocycles. The number of rotatable bonds is 4. The molecule has 5 nitrogen and oxygen atoms in total. The normalized spacial score (nSPS) is 22.4. The minimum absolute atomic E-state index is 0.0186.